The van der Waals surface area contributed by atoms with Crippen molar-refractivity contribution < 1.29 is 9.59 Å². The lowest BCUT2D eigenvalue weighted by atomic mass is 10.1. The standard InChI is InChI=1S/C17H21N3O2S/c1-11(2)9-15(21)20-17-19-14(10-23-17)16(22)18-12(3)13-7-5-4-6-8-13/h4-8,10-12H,9H2,1-3H3,(H,18,22)(H,19,20,21)/t12-/m0/s1. The van der Waals surface area contributed by atoms with Crippen LogP contribution in [0.5, 0.6) is 0 Å². The molecule has 6 heteroatoms. The van der Waals surface area contributed by atoms with Crippen LogP contribution in [0.2, 0.25) is 0 Å². The van der Waals surface area contributed by atoms with E-state index in [9.17, 15) is 9.59 Å². The molecule has 1 aromatic heterocycles. The highest BCUT2D eigenvalue weighted by Gasteiger charge is 2.15. The number of anilines is 1. The summed E-state index contributed by atoms with van der Waals surface area (Å²) >= 11 is 1.25. The third kappa shape index (κ3) is 5.17. The molecule has 0 aliphatic heterocycles. The molecule has 0 fully saturated rings. The van der Waals surface area contributed by atoms with Crippen molar-refractivity contribution in [1.82, 2.24) is 10.3 Å². The highest BCUT2D eigenvalue weighted by molar-refractivity contribution is 7.14. The predicted molar refractivity (Wildman–Crippen MR) is 92.5 cm³/mol. The maximum atomic E-state index is 12.2. The fourth-order valence-corrected chi connectivity index (χ4v) is 2.78. The molecule has 5 nitrogen and oxygen atoms in total. The van der Waals surface area contributed by atoms with Gasteiger partial charge in [-0.25, -0.2) is 4.98 Å². The normalized spacial score (nSPS) is 12.0. The van der Waals surface area contributed by atoms with Crippen LogP contribution in [-0.2, 0) is 4.79 Å². The van der Waals surface area contributed by atoms with E-state index in [-0.39, 0.29) is 23.8 Å². The van der Waals surface area contributed by atoms with Gasteiger partial charge >= 0.3 is 0 Å². The zero-order valence-corrected chi connectivity index (χ0v) is 14.3. The molecule has 1 atom stereocenters. The Kier molecular flexibility index (Phi) is 5.87. The molecule has 2 rings (SSSR count). The smallest absolute Gasteiger partial charge is 0.271 e. The van der Waals surface area contributed by atoms with Crippen LogP contribution in [0, 0.1) is 5.92 Å². The Morgan fingerprint density at radius 3 is 2.52 bits per heavy atom. The Hall–Kier alpha value is -2.21. The van der Waals surface area contributed by atoms with E-state index in [4.69, 9.17) is 0 Å². The summed E-state index contributed by atoms with van der Waals surface area (Å²) < 4.78 is 0. The van der Waals surface area contributed by atoms with Gasteiger partial charge in [-0.3, -0.25) is 9.59 Å². The number of nitrogens with one attached hydrogen (secondary N) is 2. The van der Waals surface area contributed by atoms with Gasteiger partial charge in [0.25, 0.3) is 5.91 Å². The van der Waals surface area contributed by atoms with Crippen LogP contribution in [0.3, 0.4) is 0 Å². The quantitative estimate of drug-likeness (QED) is 0.849. The Labute approximate surface area is 140 Å². The summed E-state index contributed by atoms with van der Waals surface area (Å²) in [6.45, 7) is 5.88. The zero-order valence-electron chi connectivity index (χ0n) is 13.5. The first-order valence-electron chi connectivity index (χ1n) is 7.57. The van der Waals surface area contributed by atoms with Gasteiger partial charge in [-0.15, -0.1) is 11.3 Å². The van der Waals surface area contributed by atoms with Crippen LogP contribution in [0.15, 0.2) is 35.7 Å². The lowest BCUT2D eigenvalue weighted by molar-refractivity contribution is -0.116. The third-order valence-electron chi connectivity index (χ3n) is 3.22. The number of hydrogen-bond acceptors (Lipinski definition) is 4. The van der Waals surface area contributed by atoms with Gasteiger partial charge in [-0.2, -0.15) is 0 Å². The van der Waals surface area contributed by atoms with Gasteiger partial charge in [0.1, 0.15) is 5.69 Å². The van der Waals surface area contributed by atoms with Gasteiger partial charge in [0.05, 0.1) is 6.04 Å². The number of rotatable bonds is 6. The largest absolute Gasteiger partial charge is 0.344 e. The summed E-state index contributed by atoms with van der Waals surface area (Å²) in [6.07, 6.45) is 0.437. The highest BCUT2D eigenvalue weighted by Crippen LogP contribution is 2.18. The molecule has 0 spiro atoms. The van der Waals surface area contributed by atoms with E-state index < -0.39 is 0 Å². The van der Waals surface area contributed by atoms with Crippen molar-refractivity contribution in [1.29, 1.82) is 0 Å². The highest BCUT2D eigenvalue weighted by atomic mass is 32.1. The molecule has 0 aliphatic carbocycles. The molecule has 2 amide bonds. The molecule has 2 aromatic rings. The van der Waals surface area contributed by atoms with Crippen LogP contribution < -0.4 is 10.6 Å². The summed E-state index contributed by atoms with van der Waals surface area (Å²) in [5, 5.41) is 7.73. The summed E-state index contributed by atoms with van der Waals surface area (Å²) in [5.74, 6) is -0.0506. The molecular weight excluding hydrogens is 310 g/mol. The van der Waals surface area contributed by atoms with Gasteiger partial charge in [-0.05, 0) is 18.4 Å². The van der Waals surface area contributed by atoms with Crippen molar-refractivity contribution in [2.24, 2.45) is 5.92 Å². The van der Waals surface area contributed by atoms with Crippen molar-refractivity contribution in [3.05, 3.63) is 47.0 Å². The van der Waals surface area contributed by atoms with Crippen LogP contribution in [-0.4, -0.2) is 16.8 Å². The Morgan fingerprint density at radius 1 is 1.17 bits per heavy atom. The number of nitrogens with zero attached hydrogens (tertiary/aromatic N) is 1. The van der Waals surface area contributed by atoms with Gasteiger partial charge in [-0.1, -0.05) is 44.2 Å². The van der Waals surface area contributed by atoms with Crippen molar-refractivity contribution in [3.8, 4) is 0 Å². The zero-order chi connectivity index (χ0) is 16.8. The van der Waals surface area contributed by atoms with E-state index >= 15 is 0 Å². The first kappa shape index (κ1) is 17.1. The van der Waals surface area contributed by atoms with Gasteiger partial charge in [0.2, 0.25) is 5.91 Å². The summed E-state index contributed by atoms with van der Waals surface area (Å²) in [4.78, 5) is 28.1. The van der Waals surface area contributed by atoms with E-state index in [0.29, 0.717) is 17.2 Å². The monoisotopic (exact) mass is 331 g/mol. The van der Waals surface area contributed by atoms with E-state index in [1.807, 2.05) is 51.1 Å². The second-order valence-corrected chi connectivity index (χ2v) is 6.65. The molecule has 122 valence electrons. The van der Waals surface area contributed by atoms with Gasteiger partial charge in [0, 0.05) is 11.8 Å². The lowest BCUT2D eigenvalue weighted by Gasteiger charge is -2.13. The number of carbonyl (C=O) groups excluding carboxylic acids is 2. The Bertz CT molecular complexity index is 667. The first-order chi connectivity index (χ1) is 11.0. The summed E-state index contributed by atoms with van der Waals surface area (Å²) in [7, 11) is 0. The van der Waals surface area contributed by atoms with Crippen LogP contribution in [0.4, 0.5) is 5.13 Å². The Balaban J connectivity index is 1.94. The molecule has 0 saturated heterocycles. The minimum atomic E-state index is -0.248. The first-order valence-corrected chi connectivity index (χ1v) is 8.45. The van der Waals surface area contributed by atoms with Crippen LogP contribution in [0.1, 0.15) is 49.3 Å². The number of aromatic nitrogens is 1. The van der Waals surface area contributed by atoms with Crippen molar-refractivity contribution in [2.75, 3.05) is 5.32 Å². The van der Waals surface area contributed by atoms with Gasteiger partial charge in [0.15, 0.2) is 5.13 Å². The van der Waals surface area contributed by atoms with Crippen molar-refractivity contribution in [3.63, 3.8) is 0 Å². The van der Waals surface area contributed by atoms with E-state index in [1.54, 1.807) is 5.38 Å². The maximum absolute atomic E-state index is 12.2. The molecule has 0 aliphatic rings. The average molecular weight is 331 g/mol. The number of hydrogen-bond donors (Lipinski definition) is 2. The molecule has 2 N–H and O–H groups in total. The van der Waals surface area contributed by atoms with E-state index in [0.717, 1.165) is 5.56 Å². The molecular formula is C17H21N3O2S. The fourth-order valence-electron chi connectivity index (χ4n) is 2.07. The van der Waals surface area contributed by atoms with E-state index in [1.165, 1.54) is 11.3 Å². The molecule has 0 bridgehead atoms. The topological polar surface area (TPSA) is 71.1 Å². The summed E-state index contributed by atoms with van der Waals surface area (Å²) in [6, 6.07) is 9.62. The Morgan fingerprint density at radius 2 is 1.87 bits per heavy atom. The lowest BCUT2D eigenvalue weighted by Crippen LogP contribution is -2.27. The van der Waals surface area contributed by atoms with Gasteiger partial charge < -0.3 is 10.6 Å². The van der Waals surface area contributed by atoms with Crippen LogP contribution >= 0.6 is 11.3 Å². The number of thiazole rings is 1. The number of benzene rings is 1. The fraction of sp³-hybridized carbons (Fsp3) is 0.353. The molecule has 23 heavy (non-hydrogen) atoms. The number of amides is 2. The third-order valence-corrected chi connectivity index (χ3v) is 3.98. The van der Waals surface area contributed by atoms with Crippen LogP contribution in [0.25, 0.3) is 0 Å². The second-order valence-electron chi connectivity index (χ2n) is 5.79. The van der Waals surface area contributed by atoms with Crippen molar-refractivity contribution >= 4 is 28.3 Å². The van der Waals surface area contributed by atoms with Crippen molar-refractivity contribution in [2.45, 2.75) is 33.2 Å². The minimum Gasteiger partial charge on any atom is -0.344 e. The SMILES string of the molecule is CC(C)CC(=O)Nc1nc(C(=O)N[C@@H](C)c2ccccc2)cs1. The maximum Gasteiger partial charge on any atom is 0.271 e. The molecule has 0 radical (unpaired) electrons. The van der Waals surface area contributed by atoms with E-state index in [2.05, 4.69) is 15.6 Å². The molecule has 1 heterocycles. The number of carbonyl (C=O) groups is 2. The predicted octanol–water partition coefficient (Wildman–Crippen LogP) is 3.62. The second kappa shape index (κ2) is 7.87. The average Bonchev–Trinajstić information content (AvgIpc) is 2.95. The molecule has 0 saturated carbocycles. The summed E-state index contributed by atoms with van der Waals surface area (Å²) in [5.41, 5.74) is 1.35. The molecule has 0 unspecified atom stereocenters. The molecule has 1 aromatic carbocycles. The minimum absolute atomic E-state index is 0.0843.